The molecule has 1 fully saturated rings. The first-order chi connectivity index (χ1) is 15.8. The van der Waals surface area contributed by atoms with Gasteiger partial charge in [-0.15, -0.1) is 21.5 Å². The lowest BCUT2D eigenvalue weighted by Crippen LogP contribution is -2.19. The number of ether oxygens (including phenoxy) is 2. The van der Waals surface area contributed by atoms with E-state index in [0.29, 0.717) is 36.4 Å². The molecule has 1 aliphatic heterocycles. The van der Waals surface area contributed by atoms with Gasteiger partial charge in [0.05, 0.1) is 5.75 Å². The minimum Gasteiger partial charge on any atom is -0.486 e. The first-order valence-electron chi connectivity index (χ1n) is 11.0. The van der Waals surface area contributed by atoms with Crippen molar-refractivity contribution >= 4 is 34.7 Å². The maximum atomic E-state index is 12.6. The highest BCUT2D eigenvalue weighted by molar-refractivity contribution is 7.99. The summed E-state index contributed by atoms with van der Waals surface area (Å²) in [7, 11) is 0. The molecule has 0 radical (unpaired) electrons. The Morgan fingerprint density at radius 2 is 1.97 bits per heavy atom. The van der Waals surface area contributed by atoms with Gasteiger partial charge in [0.2, 0.25) is 5.91 Å². The average Bonchev–Trinajstić information content (AvgIpc) is 3.48. The van der Waals surface area contributed by atoms with Crippen LogP contribution in [0.1, 0.15) is 48.8 Å². The number of carbonyl (C=O) groups excluding carboxylic acids is 1. The lowest BCUT2D eigenvalue weighted by Gasteiger charge is -2.25. The van der Waals surface area contributed by atoms with E-state index in [9.17, 15) is 4.79 Å². The summed E-state index contributed by atoms with van der Waals surface area (Å²) in [4.78, 5) is 13.9. The number of amides is 1. The van der Waals surface area contributed by atoms with E-state index in [1.807, 2.05) is 12.1 Å². The van der Waals surface area contributed by atoms with Gasteiger partial charge in [-0.3, -0.25) is 4.79 Å². The molecule has 32 heavy (non-hydrogen) atoms. The molecule has 1 amide bonds. The molecule has 1 N–H and O–H groups in total. The quantitative estimate of drug-likeness (QED) is 0.493. The van der Waals surface area contributed by atoms with Gasteiger partial charge in [-0.1, -0.05) is 37.1 Å². The summed E-state index contributed by atoms with van der Waals surface area (Å²) < 4.78 is 13.4. The van der Waals surface area contributed by atoms with E-state index in [1.54, 1.807) is 17.4 Å². The molecule has 5 rings (SSSR count). The van der Waals surface area contributed by atoms with Crippen LogP contribution in [0.5, 0.6) is 11.5 Å². The normalized spacial score (nSPS) is 16.1. The number of aromatic nitrogens is 3. The van der Waals surface area contributed by atoms with Crippen molar-refractivity contribution in [1.82, 2.24) is 14.8 Å². The van der Waals surface area contributed by atoms with Crippen molar-refractivity contribution in [2.75, 3.05) is 24.3 Å². The Hall–Kier alpha value is -2.52. The van der Waals surface area contributed by atoms with Gasteiger partial charge < -0.3 is 19.4 Å². The summed E-state index contributed by atoms with van der Waals surface area (Å²) >= 11 is 3.20. The highest BCUT2D eigenvalue weighted by Crippen LogP contribution is 2.34. The molecule has 0 saturated heterocycles. The van der Waals surface area contributed by atoms with Gasteiger partial charge in [0.1, 0.15) is 19.0 Å². The molecule has 2 aliphatic rings. The molecule has 9 heteroatoms. The Morgan fingerprint density at radius 3 is 2.78 bits per heavy atom. The minimum absolute atomic E-state index is 0.0790. The van der Waals surface area contributed by atoms with E-state index in [-0.39, 0.29) is 11.7 Å². The van der Waals surface area contributed by atoms with Gasteiger partial charge in [-0.2, -0.15) is 0 Å². The number of thioether (sulfide) groups is 1. The summed E-state index contributed by atoms with van der Waals surface area (Å²) in [6, 6.07) is 10.1. The van der Waals surface area contributed by atoms with Crippen molar-refractivity contribution in [3.8, 4) is 11.5 Å². The van der Waals surface area contributed by atoms with Crippen LogP contribution < -0.4 is 14.8 Å². The SMILES string of the molecule is O=C(CSc1nnc(Cc2cccs2)n1C1CCCCC1)Nc1ccc2c(c1)OCCO2. The number of benzene rings is 1. The third-order valence-electron chi connectivity index (χ3n) is 5.75. The van der Waals surface area contributed by atoms with Gasteiger partial charge in [-0.25, -0.2) is 0 Å². The van der Waals surface area contributed by atoms with Crippen LogP contribution in [-0.4, -0.2) is 39.6 Å². The topological polar surface area (TPSA) is 78.3 Å². The summed E-state index contributed by atoms with van der Waals surface area (Å²) in [5.41, 5.74) is 0.701. The van der Waals surface area contributed by atoms with E-state index < -0.39 is 0 Å². The first kappa shape index (κ1) is 21.3. The monoisotopic (exact) mass is 470 g/mol. The zero-order valence-corrected chi connectivity index (χ0v) is 19.4. The van der Waals surface area contributed by atoms with Gasteiger partial charge in [-0.05, 0) is 36.4 Å². The second-order valence-electron chi connectivity index (χ2n) is 8.01. The molecule has 0 bridgehead atoms. The number of anilines is 1. The highest BCUT2D eigenvalue weighted by Gasteiger charge is 2.24. The number of nitrogens with zero attached hydrogens (tertiary/aromatic N) is 3. The van der Waals surface area contributed by atoms with Gasteiger partial charge in [0, 0.05) is 29.1 Å². The third-order valence-corrected chi connectivity index (χ3v) is 7.57. The highest BCUT2D eigenvalue weighted by atomic mass is 32.2. The first-order valence-corrected chi connectivity index (χ1v) is 12.9. The van der Waals surface area contributed by atoms with Crippen molar-refractivity contribution in [3.05, 3.63) is 46.4 Å². The molecule has 0 atom stereocenters. The van der Waals surface area contributed by atoms with Crippen LogP contribution in [0.4, 0.5) is 5.69 Å². The zero-order chi connectivity index (χ0) is 21.8. The Morgan fingerprint density at radius 1 is 1.12 bits per heavy atom. The maximum absolute atomic E-state index is 12.6. The molecule has 2 aromatic heterocycles. The van der Waals surface area contributed by atoms with Gasteiger partial charge in [0.15, 0.2) is 16.7 Å². The molecule has 0 unspecified atom stereocenters. The molecule has 1 aromatic carbocycles. The zero-order valence-electron chi connectivity index (χ0n) is 17.8. The number of nitrogens with one attached hydrogen (secondary N) is 1. The smallest absolute Gasteiger partial charge is 0.234 e. The molecule has 7 nitrogen and oxygen atoms in total. The largest absolute Gasteiger partial charge is 0.486 e. The molecule has 3 aromatic rings. The van der Waals surface area contributed by atoms with E-state index in [2.05, 4.69) is 37.6 Å². The summed E-state index contributed by atoms with van der Waals surface area (Å²) in [5.74, 6) is 2.57. The predicted molar refractivity (Wildman–Crippen MR) is 126 cm³/mol. The van der Waals surface area contributed by atoms with Crippen molar-refractivity contribution < 1.29 is 14.3 Å². The van der Waals surface area contributed by atoms with Crippen molar-refractivity contribution in [1.29, 1.82) is 0 Å². The van der Waals surface area contributed by atoms with Crippen LogP contribution in [0.3, 0.4) is 0 Å². The minimum atomic E-state index is -0.0790. The second kappa shape index (κ2) is 9.95. The van der Waals surface area contributed by atoms with Gasteiger partial charge in [0.25, 0.3) is 0 Å². The maximum Gasteiger partial charge on any atom is 0.234 e. The van der Waals surface area contributed by atoms with Crippen molar-refractivity contribution in [2.45, 2.75) is 49.7 Å². The van der Waals surface area contributed by atoms with Crippen LogP contribution in [0, 0.1) is 0 Å². The van der Waals surface area contributed by atoms with Crippen LogP contribution in [0.2, 0.25) is 0 Å². The number of fused-ring (bicyclic) bond motifs is 1. The molecule has 168 valence electrons. The predicted octanol–water partition coefficient (Wildman–Crippen LogP) is 4.94. The Kier molecular flexibility index (Phi) is 6.64. The summed E-state index contributed by atoms with van der Waals surface area (Å²) in [5, 5.41) is 14.9. The fourth-order valence-corrected chi connectivity index (χ4v) is 5.78. The standard InChI is InChI=1S/C23H26N4O3S2/c28-22(24-16-8-9-19-20(13-16)30-11-10-29-19)15-32-23-26-25-21(14-18-7-4-12-31-18)27(23)17-5-2-1-3-6-17/h4,7-9,12-13,17H,1-3,5-6,10-11,14-15H2,(H,24,28). The average molecular weight is 471 g/mol. The van der Waals surface area contributed by atoms with Crippen LogP contribution in [-0.2, 0) is 11.2 Å². The molecule has 1 aliphatic carbocycles. The lowest BCUT2D eigenvalue weighted by molar-refractivity contribution is -0.113. The number of thiophene rings is 1. The number of rotatable bonds is 7. The second-order valence-corrected chi connectivity index (χ2v) is 9.99. The van der Waals surface area contributed by atoms with E-state index in [1.165, 1.54) is 35.9 Å². The number of hydrogen-bond acceptors (Lipinski definition) is 7. The number of hydrogen-bond donors (Lipinski definition) is 1. The van der Waals surface area contributed by atoms with E-state index in [0.717, 1.165) is 30.2 Å². The summed E-state index contributed by atoms with van der Waals surface area (Å²) in [6.45, 7) is 1.07. The van der Waals surface area contributed by atoms with Crippen molar-refractivity contribution in [3.63, 3.8) is 0 Å². The lowest BCUT2D eigenvalue weighted by atomic mass is 9.95. The van der Waals surface area contributed by atoms with E-state index >= 15 is 0 Å². The van der Waals surface area contributed by atoms with Crippen LogP contribution in [0.15, 0.2) is 40.9 Å². The molecular weight excluding hydrogens is 444 g/mol. The Balaban J connectivity index is 1.27. The summed E-state index contributed by atoms with van der Waals surface area (Å²) in [6.07, 6.45) is 6.83. The van der Waals surface area contributed by atoms with Gasteiger partial charge >= 0.3 is 0 Å². The molecule has 1 saturated carbocycles. The third kappa shape index (κ3) is 4.94. The number of carbonyl (C=O) groups is 1. The molecular formula is C23H26N4O3S2. The Bertz CT molecular complexity index is 1060. The van der Waals surface area contributed by atoms with Crippen LogP contribution in [0.25, 0.3) is 0 Å². The fourth-order valence-electron chi connectivity index (χ4n) is 4.25. The Labute approximate surface area is 195 Å². The van der Waals surface area contributed by atoms with Crippen LogP contribution >= 0.6 is 23.1 Å². The molecule has 3 heterocycles. The van der Waals surface area contributed by atoms with E-state index in [4.69, 9.17) is 9.47 Å². The fraction of sp³-hybridized carbons (Fsp3) is 0.435. The van der Waals surface area contributed by atoms with Crippen molar-refractivity contribution in [2.24, 2.45) is 0 Å². The molecule has 0 spiro atoms.